The van der Waals surface area contributed by atoms with E-state index >= 15 is 0 Å². The molecule has 1 unspecified atom stereocenters. The van der Waals surface area contributed by atoms with Crippen molar-refractivity contribution < 1.29 is 26.3 Å². The quantitative estimate of drug-likeness (QED) is 0.866. The Morgan fingerprint density at radius 3 is 2.16 bits per heavy atom. The number of nitrogens with two attached hydrogens (primary N) is 1. The summed E-state index contributed by atoms with van der Waals surface area (Å²) >= 11 is 0. The Morgan fingerprint density at radius 1 is 1.21 bits per heavy atom. The van der Waals surface area contributed by atoms with Gasteiger partial charge in [0.2, 0.25) is 0 Å². The first kappa shape index (κ1) is 15.8. The van der Waals surface area contributed by atoms with E-state index in [1.165, 1.54) is 0 Å². The zero-order valence-corrected chi connectivity index (χ0v) is 9.96. The number of halogens is 6. The van der Waals surface area contributed by atoms with E-state index in [0.29, 0.717) is 6.42 Å². The maximum absolute atomic E-state index is 12.5. The minimum Gasteiger partial charge on any atom is -0.322 e. The first-order valence-corrected chi connectivity index (χ1v) is 5.49. The van der Waals surface area contributed by atoms with Gasteiger partial charge in [-0.2, -0.15) is 31.4 Å². The Hall–Kier alpha value is -1.25. The summed E-state index contributed by atoms with van der Waals surface area (Å²) in [6.45, 7) is 1.93. The number of alkyl halides is 6. The normalized spacial score (nSPS) is 15.0. The monoisotopic (exact) mass is 289 g/mol. The van der Waals surface area contributed by atoms with Gasteiger partial charge in [0.25, 0.3) is 0 Å². The molecule has 1 aromatic heterocycles. The first-order chi connectivity index (χ1) is 8.59. The molecule has 0 saturated carbocycles. The lowest BCUT2D eigenvalue weighted by Gasteiger charge is -2.28. The highest BCUT2D eigenvalue weighted by molar-refractivity contribution is 5.10. The molecule has 110 valence electrons. The molecule has 1 heterocycles. The summed E-state index contributed by atoms with van der Waals surface area (Å²) in [7, 11) is 0. The molecule has 0 radical (unpaired) electrons. The van der Waals surface area contributed by atoms with Gasteiger partial charge >= 0.3 is 12.4 Å². The van der Waals surface area contributed by atoms with Crippen molar-refractivity contribution >= 4 is 0 Å². The van der Waals surface area contributed by atoms with Crippen molar-refractivity contribution in [2.24, 2.45) is 11.7 Å². The SMILES string of the molecule is CCCn1nccc1C(N)C(C(F)(F)F)C(F)(F)F. The fraction of sp³-hybridized carbons (Fsp3) is 0.700. The zero-order chi connectivity index (χ0) is 14.8. The van der Waals surface area contributed by atoms with Crippen LogP contribution in [0.25, 0.3) is 0 Å². The van der Waals surface area contributed by atoms with Gasteiger partial charge in [-0.25, -0.2) is 0 Å². The van der Waals surface area contributed by atoms with Crippen LogP contribution in [0.1, 0.15) is 25.1 Å². The second-order valence-electron chi connectivity index (χ2n) is 4.07. The number of hydrogen-bond acceptors (Lipinski definition) is 2. The average molecular weight is 289 g/mol. The molecule has 0 bridgehead atoms. The van der Waals surface area contributed by atoms with Crippen molar-refractivity contribution in [3.8, 4) is 0 Å². The van der Waals surface area contributed by atoms with Crippen LogP contribution >= 0.6 is 0 Å². The van der Waals surface area contributed by atoms with Gasteiger partial charge in [0, 0.05) is 12.7 Å². The number of aromatic nitrogens is 2. The van der Waals surface area contributed by atoms with Gasteiger partial charge in [-0.05, 0) is 12.5 Å². The van der Waals surface area contributed by atoms with E-state index in [0.717, 1.165) is 16.9 Å². The van der Waals surface area contributed by atoms with Crippen LogP contribution in [0.4, 0.5) is 26.3 Å². The van der Waals surface area contributed by atoms with Gasteiger partial charge in [-0.1, -0.05) is 6.92 Å². The zero-order valence-electron chi connectivity index (χ0n) is 9.96. The van der Waals surface area contributed by atoms with Crippen LogP contribution in [0.5, 0.6) is 0 Å². The molecule has 0 amide bonds. The predicted molar refractivity (Wildman–Crippen MR) is 55.0 cm³/mol. The predicted octanol–water partition coefficient (Wildman–Crippen LogP) is 3.03. The van der Waals surface area contributed by atoms with Crippen LogP contribution < -0.4 is 5.73 Å². The second kappa shape index (κ2) is 5.40. The van der Waals surface area contributed by atoms with E-state index in [2.05, 4.69) is 5.10 Å². The first-order valence-electron chi connectivity index (χ1n) is 5.49. The maximum Gasteiger partial charge on any atom is 0.402 e. The highest BCUT2D eigenvalue weighted by atomic mass is 19.4. The number of rotatable bonds is 4. The van der Waals surface area contributed by atoms with E-state index in [9.17, 15) is 26.3 Å². The lowest BCUT2D eigenvalue weighted by atomic mass is 9.96. The molecular formula is C10H13F6N3. The summed E-state index contributed by atoms with van der Waals surface area (Å²) in [4.78, 5) is 0. The summed E-state index contributed by atoms with van der Waals surface area (Å²) in [6, 6.07) is -1.15. The molecule has 9 heteroatoms. The maximum atomic E-state index is 12.5. The molecule has 0 aliphatic rings. The minimum absolute atomic E-state index is 0.207. The van der Waals surface area contributed by atoms with Crippen LogP contribution in [-0.2, 0) is 6.54 Å². The van der Waals surface area contributed by atoms with Gasteiger partial charge in [0.1, 0.15) is 0 Å². The van der Waals surface area contributed by atoms with Crippen molar-refractivity contribution in [2.75, 3.05) is 0 Å². The highest BCUT2D eigenvalue weighted by Gasteiger charge is 2.60. The molecule has 0 aromatic carbocycles. The molecule has 1 aromatic rings. The molecule has 1 rings (SSSR count). The summed E-state index contributed by atoms with van der Waals surface area (Å²) < 4.78 is 76.3. The topological polar surface area (TPSA) is 43.8 Å². The lowest BCUT2D eigenvalue weighted by Crippen LogP contribution is -2.44. The molecule has 0 spiro atoms. The molecule has 0 aliphatic carbocycles. The number of nitrogens with zero attached hydrogens (tertiary/aromatic N) is 2. The third-order valence-electron chi connectivity index (χ3n) is 2.59. The van der Waals surface area contributed by atoms with Crippen LogP contribution in [-0.4, -0.2) is 22.1 Å². The average Bonchev–Trinajstić information content (AvgIpc) is 2.61. The van der Waals surface area contributed by atoms with Gasteiger partial charge in [-0.3, -0.25) is 4.68 Å². The Morgan fingerprint density at radius 2 is 1.74 bits per heavy atom. The fourth-order valence-electron chi connectivity index (χ4n) is 1.79. The number of aryl methyl sites for hydroxylation is 1. The van der Waals surface area contributed by atoms with Crippen molar-refractivity contribution in [2.45, 2.75) is 38.3 Å². The van der Waals surface area contributed by atoms with E-state index in [4.69, 9.17) is 5.73 Å². The lowest BCUT2D eigenvalue weighted by molar-refractivity contribution is -0.290. The van der Waals surface area contributed by atoms with Gasteiger partial charge in [0.05, 0.1) is 11.7 Å². The Bertz CT molecular complexity index is 394. The minimum atomic E-state index is -5.46. The van der Waals surface area contributed by atoms with E-state index < -0.39 is 24.3 Å². The summed E-state index contributed by atoms with van der Waals surface area (Å²) in [5.41, 5.74) is 4.91. The van der Waals surface area contributed by atoms with E-state index in [1.807, 2.05) is 0 Å². The number of hydrogen-bond donors (Lipinski definition) is 1. The van der Waals surface area contributed by atoms with Crippen molar-refractivity contribution in [1.82, 2.24) is 9.78 Å². The van der Waals surface area contributed by atoms with E-state index in [1.54, 1.807) is 6.92 Å². The summed E-state index contributed by atoms with van der Waals surface area (Å²) in [5, 5.41) is 3.68. The van der Waals surface area contributed by atoms with E-state index in [-0.39, 0.29) is 12.2 Å². The molecule has 0 fully saturated rings. The largest absolute Gasteiger partial charge is 0.402 e. The summed E-state index contributed by atoms with van der Waals surface area (Å²) in [5.74, 6) is -3.60. The van der Waals surface area contributed by atoms with Gasteiger partial charge in [0.15, 0.2) is 5.92 Å². The Labute approximate surface area is 105 Å². The molecule has 0 aliphatic heterocycles. The molecule has 0 saturated heterocycles. The van der Waals surface area contributed by atoms with Crippen molar-refractivity contribution in [3.63, 3.8) is 0 Å². The smallest absolute Gasteiger partial charge is 0.322 e. The molecule has 3 nitrogen and oxygen atoms in total. The molecule has 2 N–H and O–H groups in total. The van der Waals surface area contributed by atoms with Crippen LogP contribution in [0.2, 0.25) is 0 Å². The standard InChI is InChI=1S/C10H13F6N3/c1-2-5-19-6(3-4-18-19)7(17)8(9(11,12)13)10(14,15)16/h3-4,7-8H,2,5,17H2,1H3. The Balaban J connectivity index is 3.13. The van der Waals surface area contributed by atoms with Crippen LogP contribution in [0.15, 0.2) is 12.3 Å². The Kier molecular flexibility index (Phi) is 4.49. The van der Waals surface area contributed by atoms with Crippen LogP contribution in [0, 0.1) is 5.92 Å². The van der Waals surface area contributed by atoms with Crippen LogP contribution in [0.3, 0.4) is 0 Å². The third-order valence-corrected chi connectivity index (χ3v) is 2.59. The van der Waals surface area contributed by atoms with Gasteiger partial charge in [-0.15, -0.1) is 0 Å². The third kappa shape index (κ3) is 3.62. The van der Waals surface area contributed by atoms with Crippen molar-refractivity contribution in [3.05, 3.63) is 18.0 Å². The summed E-state index contributed by atoms with van der Waals surface area (Å²) in [6.07, 6.45) is -9.27. The highest BCUT2D eigenvalue weighted by Crippen LogP contribution is 2.45. The molecular weight excluding hydrogens is 276 g/mol. The fourth-order valence-corrected chi connectivity index (χ4v) is 1.79. The van der Waals surface area contributed by atoms with Gasteiger partial charge < -0.3 is 5.73 Å². The second-order valence-corrected chi connectivity index (χ2v) is 4.07. The van der Waals surface area contributed by atoms with Crippen molar-refractivity contribution in [1.29, 1.82) is 0 Å². The molecule has 1 atom stereocenters. The molecule has 19 heavy (non-hydrogen) atoms.